The van der Waals surface area contributed by atoms with E-state index in [2.05, 4.69) is 0 Å². The first-order chi connectivity index (χ1) is 6.36. The average Bonchev–Trinajstić information content (AvgIpc) is 2.01. The molecule has 0 radical (unpaired) electrons. The summed E-state index contributed by atoms with van der Waals surface area (Å²) in [5.41, 5.74) is 0. The van der Waals surface area contributed by atoms with Gasteiger partial charge in [0.25, 0.3) is 10.1 Å². The third kappa shape index (κ3) is 3.78. The molecule has 0 aliphatic heterocycles. The quantitative estimate of drug-likeness (QED) is 0.660. The fourth-order valence-corrected chi connectivity index (χ4v) is 2.18. The number of hydrogen-bond acceptors (Lipinski definition) is 3. The van der Waals surface area contributed by atoms with E-state index in [1.54, 1.807) is 0 Å². The minimum absolute atomic E-state index is 0. The van der Waals surface area contributed by atoms with Crippen LogP contribution in [0.25, 0.3) is 0 Å². The van der Waals surface area contributed by atoms with Crippen LogP contribution in [0.15, 0.2) is 17.0 Å². The molecule has 0 fully saturated rings. The molecule has 0 saturated heterocycles. The van der Waals surface area contributed by atoms with Crippen LogP contribution in [0.5, 0.6) is 5.75 Å². The molecule has 0 heterocycles. The first-order valence-electron chi connectivity index (χ1n) is 3.37. The van der Waals surface area contributed by atoms with E-state index < -0.39 is 10.1 Å². The molecule has 80 valence electrons. The molecule has 0 spiro atoms. The molecule has 0 atom stereocenters. The molecule has 0 saturated carbocycles. The van der Waals surface area contributed by atoms with Gasteiger partial charge >= 0.3 is 29.6 Å². The Labute approximate surface area is 120 Å². The number of rotatable bonds is 2. The first kappa shape index (κ1) is 15.5. The van der Waals surface area contributed by atoms with Crippen LogP contribution in [0.1, 0.15) is 0 Å². The van der Waals surface area contributed by atoms with Gasteiger partial charge in [0.1, 0.15) is 0 Å². The van der Waals surface area contributed by atoms with Crippen molar-refractivity contribution in [3.05, 3.63) is 22.2 Å². The molecular weight excluding hydrogens is 274 g/mol. The van der Waals surface area contributed by atoms with Gasteiger partial charge < -0.3 is 4.74 Å². The molecule has 0 aliphatic carbocycles. The van der Waals surface area contributed by atoms with Crippen LogP contribution in [0.2, 0.25) is 10.0 Å². The van der Waals surface area contributed by atoms with Crippen LogP contribution in [0, 0.1) is 0 Å². The summed E-state index contributed by atoms with van der Waals surface area (Å²) in [5, 5.41) is 0.0419. The predicted octanol–water partition coefficient (Wildman–Crippen LogP) is 1.60. The van der Waals surface area contributed by atoms with Crippen molar-refractivity contribution in [3.63, 3.8) is 0 Å². The Morgan fingerprint density at radius 1 is 1.27 bits per heavy atom. The zero-order valence-electron chi connectivity index (χ0n) is 6.99. The van der Waals surface area contributed by atoms with Gasteiger partial charge in [0.05, 0.1) is 22.1 Å². The molecule has 0 aromatic heterocycles. The molecule has 8 heteroatoms. The van der Waals surface area contributed by atoms with E-state index >= 15 is 0 Å². The molecule has 4 nitrogen and oxygen atoms in total. The van der Waals surface area contributed by atoms with Crippen molar-refractivity contribution in [1.29, 1.82) is 0 Å². The van der Waals surface area contributed by atoms with Gasteiger partial charge in [-0.25, -0.2) is 0 Å². The van der Waals surface area contributed by atoms with Crippen LogP contribution in [-0.2, 0) is 10.1 Å². The van der Waals surface area contributed by atoms with E-state index in [1.807, 2.05) is 0 Å². The van der Waals surface area contributed by atoms with Gasteiger partial charge in [0.15, 0.2) is 5.75 Å². The number of halogens is 2. The molecule has 0 bridgehead atoms. The normalized spacial score (nSPS) is 10.7. The summed E-state index contributed by atoms with van der Waals surface area (Å²) in [7, 11) is -2.95. The summed E-state index contributed by atoms with van der Waals surface area (Å²) < 4.78 is 35.0. The Morgan fingerprint density at radius 2 is 1.67 bits per heavy atom. The summed E-state index contributed by atoms with van der Waals surface area (Å²) in [5.74, 6) is 0.167. The van der Waals surface area contributed by atoms with E-state index in [1.165, 1.54) is 7.11 Å². The second kappa shape index (κ2) is 5.72. The van der Waals surface area contributed by atoms with E-state index in [0.29, 0.717) is 0 Å². The summed E-state index contributed by atoms with van der Waals surface area (Å²) in [6.45, 7) is 0. The van der Waals surface area contributed by atoms with Crippen LogP contribution >= 0.6 is 23.2 Å². The van der Waals surface area contributed by atoms with Crippen molar-refractivity contribution in [2.45, 2.75) is 4.90 Å². The Kier molecular flexibility index (Phi) is 5.92. The van der Waals surface area contributed by atoms with Gasteiger partial charge in [-0.15, -0.1) is 0 Å². The third-order valence-electron chi connectivity index (χ3n) is 1.47. The summed E-state index contributed by atoms with van der Waals surface area (Å²) >= 11 is 11.3. The number of methoxy groups -OCH3 is 1. The van der Waals surface area contributed by atoms with Gasteiger partial charge in [-0.3, -0.25) is 4.55 Å². The third-order valence-corrected chi connectivity index (χ3v) is 2.87. The maximum absolute atomic E-state index is 10.7. The number of benzene rings is 1. The molecule has 0 aliphatic rings. The fraction of sp³-hybridized carbons (Fsp3) is 0.143. The second-order valence-electron chi connectivity index (χ2n) is 2.40. The average molecular weight is 281 g/mol. The zero-order chi connectivity index (χ0) is 10.9. The topological polar surface area (TPSA) is 63.6 Å². The zero-order valence-corrected chi connectivity index (χ0v) is 9.32. The fourth-order valence-electron chi connectivity index (χ4n) is 0.881. The van der Waals surface area contributed by atoms with Crippen LogP contribution in [0.4, 0.5) is 0 Å². The van der Waals surface area contributed by atoms with Crippen molar-refractivity contribution in [2.24, 2.45) is 0 Å². The first-order valence-corrected chi connectivity index (χ1v) is 5.56. The van der Waals surface area contributed by atoms with Gasteiger partial charge in [0, 0.05) is 0 Å². The molecule has 1 aromatic carbocycles. The summed E-state index contributed by atoms with van der Waals surface area (Å²) in [6, 6.07) is 2.11. The van der Waals surface area contributed by atoms with Gasteiger partial charge in [-0.05, 0) is 12.1 Å². The van der Waals surface area contributed by atoms with Crippen molar-refractivity contribution in [3.8, 4) is 5.75 Å². The van der Waals surface area contributed by atoms with Gasteiger partial charge in [-0.2, -0.15) is 8.42 Å². The molecule has 1 rings (SSSR count). The van der Waals surface area contributed by atoms with Crippen LogP contribution in [-0.4, -0.2) is 49.6 Å². The Hall–Kier alpha value is 0.510. The van der Waals surface area contributed by atoms with E-state index in [-0.39, 0.29) is 50.2 Å². The van der Waals surface area contributed by atoms with Crippen molar-refractivity contribution >= 4 is 62.9 Å². The molecule has 1 N–H and O–H groups in total. The molecular formula is C7H7Cl2NaO4S. The number of ether oxygens (including phenoxy) is 1. The summed E-state index contributed by atoms with van der Waals surface area (Å²) in [4.78, 5) is -0.367. The molecule has 0 unspecified atom stereocenters. The Bertz CT molecular complexity index is 437. The Balaban J connectivity index is 0.00000196. The molecule has 1 aromatic rings. The number of hydrogen-bond donors (Lipinski definition) is 1. The SMILES string of the molecule is COc1c(Cl)cc(S(=O)(=O)O)cc1Cl.[NaH]. The standard InChI is InChI=1S/C7H6Cl2O4S.Na.H/c1-13-7-5(8)2-4(3-6(7)9)14(10,11)12;;/h2-3H,1H3,(H,10,11,12);;. The van der Waals surface area contributed by atoms with Gasteiger partial charge in [-0.1, -0.05) is 23.2 Å². The maximum atomic E-state index is 10.7. The van der Waals surface area contributed by atoms with Crippen molar-refractivity contribution in [2.75, 3.05) is 7.11 Å². The second-order valence-corrected chi connectivity index (χ2v) is 4.63. The van der Waals surface area contributed by atoms with E-state index in [4.69, 9.17) is 32.5 Å². The minimum atomic E-state index is -4.30. The van der Waals surface area contributed by atoms with E-state index in [9.17, 15) is 8.42 Å². The Morgan fingerprint density at radius 3 is 1.93 bits per heavy atom. The van der Waals surface area contributed by atoms with Crippen molar-refractivity contribution < 1.29 is 17.7 Å². The summed E-state index contributed by atoms with van der Waals surface area (Å²) in [6.07, 6.45) is 0. The van der Waals surface area contributed by atoms with Crippen LogP contribution in [0.3, 0.4) is 0 Å². The molecule has 0 amide bonds. The monoisotopic (exact) mass is 280 g/mol. The van der Waals surface area contributed by atoms with E-state index in [0.717, 1.165) is 12.1 Å². The predicted molar refractivity (Wildman–Crippen MR) is 60.0 cm³/mol. The van der Waals surface area contributed by atoms with Crippen LogP contribution < -0.4 is 4.74 Å². The van der Waals surface area contributed by atoms with Crippen molar-refractivity contribution in [1.82, 2.24) is 0 Å². The molecule has 15 heavy (non-hydrogen) atoms. The van der Waals surface area contributed by atoms with Gasteiger partial charge in [0.2, 0.25) is 0 Å².